The Morgan fingerprint density at radius 2 is 2.15 bits per heavy atom. The van der Waals surface area contributed by atoms with Crippen molar-refractivity contribution < 1.29 is 19.4 Å². The Morgan fingerprint density at radius 3 is 2.85 bits per heavy atom. The van der Waals surface area contributed by atoms with Crippen LogP contribution in [-0.2, 0) is 17.8 Å². The monoisotopic (exact) mass is 276 g/mol. The fourth-order valence-corrected chi connectivity index (χ4v) is 1.79. The summed E-state index contributed by atoms with van der Waals surface area (Å²) in [5.41, 5.74) is 1.28. The van der Waals surface area contributed by atoms with E-state index in [0.717, 1.165) is 5.69 Å². The lowest BCUT2D eigenvalue weighted by Crippen LogP contribution is -2.02. The topological polar surface area (TPSA) is 84.4 Å². The summed E-state index contributed by atoms with van der Waals surface area (Å²) in [5, 5.41) is 8.77. The van der Waals surface area contributed by atoms with Crippen molar-refractivity contribution in [3.8, 4) is 11.5 Å². The second-order valence-electron chi connectivity index (χ2n) is 4.29. The Balaban J connectivity index is 2.01. The van der Waals surface area contributed by atoms with Crippen LogP contribution in [0.1, 0.15) is 17.2 Å². The maximum atomic E-state index is 10.7. The van der Waals surface area contributed by atoms with Gasteiger partial charge in [0.15, 0.2) is 0 Å². The van der Waals surface area contributed by atoms with Crippen LogP contribution in [0.2, 0.25) is 0 Å². The zero-order chi connectivity index (χ0) is 14.5. The van der Waals surface area contributed by atoms with Gasteiger partial charge in [0.2, 0.25) is 0 Å². The van der Waals surface area contributed by atoms with Gasteiger partial charge in [0, 0.05) is 11.8 Å². The lowest BCUT2D eigenvalue weighted by atomic mass is 10.3. The van der Waals surface area contributed by atoms with E-state index in [4.69, 9.17) is 14.6 Å². The molecule has 0 radical (unpaired) electrons. The smallest absolute Gasteiger partial charge is 0.309 e. The molecule has 1 heterocycles. The van der Waals surface area contributed by atoms with Crippen LogP contribution in [0.4, 0.5) is 0 Å². The number of benzene rings is 1. The predicted molar refractivity (Wildman–Crippen MR) is 72.0 cm³/mol. The summed E-state index contributed by atoms with van der Waals surface area (Å²) >= 11 is 0. The lowest BCUT2D eigenvalue weighted by molar-refractivity contribution is -0.136. The summed E-state index contributed by atoms with van der Waals surface area (Å²) in [6.45, 7) is 2.04. The van der Waals surface area contributed by atoms with Crippen LogP contribution in [0.3, 0.4) is 0 Å². The minimum absolute atomic E-state index is 0.0957. The van der Waals surface area contributed by atoms with Gasteiger partial charge < -0.3 is 19.6 Å². The van der Waals surface area contributed by atoms with E-state index in [9.17, 15) is 4.79 Å². The third-order valence-corrected chi connectivity index (χ3v) is 2.77. The second-order valence-corrected chi connectivity index (χ2v) is 4.29. The zero-order valence-electron chi connectivity index (χ0n) is 11.3. The third kappa shape index (κ3) is 3.50. The number of aromatic amines is 1. The van der Waals surface area contributed by atoms with E-state index in [2.05, 4.69) is 9.97 Å². The van der Waals surface area contributed by atoms with Crippen LogP contribution in [-0.4, -0.2) is 28.2 Å². The molecule has 0 unspecified atom stereocenters. The molecule has 0 fully saturated rings. The van der Waals surface area contributed by atoms with E-state index in [1.165, 1.54) is 0 Å². The molecule has 0 aliphatic heterocycles. The number of methoxy groups -OCH3 is 1. The molecule has 1 aromatic heterocycles. The first-order chi connectivity index (χ1) is 9.58. The van der Waals surface area contributed by atoms with Crippen molar-refractivity contribution in [2.45, 2.75) is 20.0 Å². The van der Waals surface area contributed by atoms with Crippen molar-refractivity contribution in [2.24, 2.45) is 0 Å². The van der Waals surface area contributed by atoms with Gasteiger partial charge in [-0.05, 0) is 19.1 Å². The number of H-pyrrole nitrogens is 1. The molecule has 6 nitrogen and oxygen atoms in total. The third-order valence-electron chi connectivity index (χ3n) is 2.77. The quantitative estimate of drug-likeness (QED) is 0.842. The Kier molecular flexibility index (Phi) is 4.24. The maximum absolute atomic E-state index is 10.7. The number of hydrogen-bond acceptors (Lipinski definition) is 4. The number of nitrogens with zero attached hydrogens (tertiary/aromatic N) is 1. The van der Waals surface area contributed by atoms with Gasteiger partial charge in [-0.15, -0.1) is 0 Å². The molecule has 0 bridgehead atoms. The fraction of sp³-hybridized carbons (Fsp3) is 0.286. The minimum Gasteiger partial charge on any atom is -0.497 e. The molecule has 0 spiro atoms. The van der Waals surface area contributed by atoms with E-state index in [1.807, 2.05) is 18.2 Å². The number of hydrogen-bond donors (Lipinski definition) is 2. The maximum Gasteiger partial charge on any atom is 0.309 e. The number of carbonyl (C=O) groups is 1. The van der Waals surface area contributed by atoms with Gasteiger partial charge in [0.25, 0.3) is 0 Å². The van der Waals surface area contributed by atoms with Crippen LogP contribution in [0.15, 0.2) is 24.3 Å². The second kappa shape index (κ2) is 6.10. The van der Waals surface area contributed by atoms with Crippen LogP contribution in [0, 0.1) is 6.92 Å². The molecule has 0 aliphatic carbocycles. The van der Waals surface area contributed by atoms with Crippen molar-refractivity contribution in [2.75, 3.05) is 7.11 Å². The summed E-state index contributed by atoms with van der Waals surface area (Å²) in [6.07, 6.45) is -0.0957. The number of aromatic nitrogens is 2. The highest BCUT2D eigenvalue weighted by Gasteiger charge is 2.10. The zero-order valence-corrected chi connectivity index (χ0v) is 11.3. The van der Waals surface area contributed by atoms with Gasteiger partial charge in [-0.25, -0.2) is 4.98 Å². The molecule has 1 aromatic carbocycles. The number of ether oxygens (including phenoxy) is 2. The predicted octanol–water partition coefficient (Wildman–Crippen LogP) is 1.93. The summed E-state index contributed by atoms with van der Waals surface area (Å²) in [5.74, 6) is 1.07. The first-order valence-electron chi connectivity index (χ1n) is 6.11. The minimum atomic E-state index is -0.903. The van der Waals surface area contributed by atoms with Crippen LogP contribution < -0.4 is 9.47 Å². The molecule has 0 atom stereocenters. The van der Waals surface area contributed by atoms with Crippen LogP contribution in [0.25, 0.3) is 0 Å². The molecule has 0 saturated carbocycles. The summed E-state index contributed by atoms with van der Waals surface area (Å²) in [6, 6.07) is 7.25. The summed E-state index contributed by atoms with van der Waals surface area (Å²) in [7, 11) is 1.59. The largest absolute Gasteiger partial charge is 0.497 e. The van der Waals surface area contributed by atoms with E-state index < -0.39 is 5.97 Å². The molecule has 0 aliphatic rings. The molecular weight excluding hydrogens is 260 g/mol. The van der Waals surface area contributed by atoms with Crippen molar-refractivity contribution in [1.82, 2.24) is 9.97 Å². The van der Waals surface area contributed by atoms with E-state index >= 15 is 0 Å². The van der Waals surface area contributed by atoms with E-state index in [1.54, 1.807) is 20.1 Å². The van der Waals surface area contributed by atoms with Gasteiger partial charge in [-0.2, -0.15) is 0 Å². The van der Waals surface area contributed by atoms with Crippen molar-refractivity contribution in [3.63, 3.8) is 0 Å². The van der Waals surface area contributed by atoms with Crippen molar-refractivity contribution in [1.29, 1.82) is 0 Å². The average Bonchev–Trinajstić information content (AvgIpc) is 2.76. The summed E-state index contributed by atoms with van der Waals surface area (Å²) in [4.78, 5) is 17.9. The molecule has 106 valence electrons. The number of carboxylic acids is 1. The number of aryl methyl sites for hydroxylation is 1. The standard InChI is InChI=1S/C14H16N2O4/c1-9-12(7-14(17)18)16-13(15-9)8-20-11-5-3-4-10(6-11)19-2/h3-6H,7-8H2,1-2H3,(H,15,16)(H,17,18). The molecular formula is C14H16N2O4. The van der Waals surface area contributed by atoms with Crippen LogP contribution in [0.5, 0.6) is 11.5 Å². The van der Waals surface area contributed by atoms with Gasteiger partial charge in [-0.3, -0.25) is 4.79 Å². The highest BCUT2D eigenvalue weighted by molar-refractivity contribution is 5.69. The van der Waals surface area contributed by atoms with Crippen LogP contribution >= 0.6 is 0 Å². The van der Waals surface area contributed by atoms with Crippen molar-refractivity contribution in [3.05, 3.63) is 41.5 Å². The highest BCUT2D eigenvalue weighted by Crippen LogP contribution is 2.19. The number of nitrogens with one attached hydrogen (secondary N) is 1. The Morgan fingerprint density at radius 1 is 1.40 bits per heavy atom. The molecule has 0 saturated heterocycles. The van der Waals surface area contributed by atoms with Gasteiger partial charge in [0.1, 0.15) is 23.9 Å². The molecule has 20 heavy (non-hydrogen) atoms. The molecule has 0 amide bonds. The first kappa shape index (κ1) is 13.9. The molecule has 2 N–H and O–H groups in total. The number of rotatable bonds is 6. The SMILES string of the molecule is COc1cccc(OCc2nc(CC(=O)O)c(C)[nH]2)c1. The number of imidazole rings is 1. The van der Waals surface area contributed by atoms with E-state index in [-0.39, 0.29) is 13.0 Å². The number of carboxylic acid groups (broad SMARTS) is 1. The molecule has 6 heteroatoms. The van der Waals surface area contributed by atoms with Crippen molar-refractivity contribution >= 4 is 5.97 Å². The average molecular weight is 276 g/mol. The van der Waals surface area contributed by atoms with Gasteiger partial charge in [-0.1, -0.05) is 6.07 Å². The van der Waals surface area contributed by atoms with Gasteiger partial charge >= 0.3 is 5.97 Å². The lowest BCUT2D eigenvalue weighted by Gasteiger charge is -2.05. The number of aliphatic carboxylic acids is 1. The Hall–Kier alpha value is -2.50. The summed E-state index contributed by atoms with van der Waals surface area (Å²) < 4.78 is 10.7. The normalized spacial score (nSPS) is 10.3. The van der Waals surface area contributed by atoms with E-state index in [0.29, 0.717) is 23.0 Å². The first-order valence-corrected chi connectivity index (χ1v) is 6.11. The Bertz CT molecular complexity index is 607. The van der Waals surface area contributed by atoms with Gasteiger partial charge in [0.05, 0.1) is 19.2 Å². The molecule has 2 rings (SSSR count). The highest BCUT2D eigenvalue weighted by atomic mass is 16.5. The Labute approximate surface area is 116 Å². The fourth-order valence-electron chi connectivity index (χ4n) is 1.79. The molecule has 2 aromatic rings.